The Kier molecular flexibility index (Phi) is 4.52. The van der Waals surface area contributed by atoms with Gasteiger partial charge in [0.05, 0.1) is 17.6 Å². The van der Waals surface area contributed by atoms with Crippen LogP contribution in [0.3, 0.4) is 0 Å². The van der Waals surface area contributed by atoms with E-state index in [1.54, 1.807) is 6.92 Å². The Hall–Kier alpha value is -1.30. The van der Waals surface area contributed by atoms with Crippen LogP contribution >= 0.6 is 0 Å². The van der Waals surface area contributed by atoms with Crippen LogP contribution in [-0.2, 0) is 4.79 Å². The van der Waals surface area contributed by atoms with Crippen molar-refractivity contribution in [2.45, 2.75) is 70.1 Å². The van der Waals surface area contributed by atoms with Gasteiger partial charge in [0.15, 0.2) is 0 Å². The molecule has 0 aliphatic heterocycles. The summed E-state index contributed by atoms with van der Waals surface area (Å²) in [7, 11) is 0. The Morgan fingerprint density at radius 2 is 1.80 bits per heavy atom. The number of urea groups is 1. The molecular weight excluding hydrogens is 260 g/mol. The second-order valence-corrected chi connectivity index (χ2v) is 6.24. The highest BCUT2D eigenvalue weighted by Crippen LogP contribution is 2.38. The number of carboxylic acids is 1. The van der Waals surface area contributed by atoms with Gasteiger partial charge in [0.1, 0.15) is 0 Å². The van der Waals surface area contributed by atoms with Crippen LogP contribution in [-0.4, -0.2) is 40.4 Å². The summed E-state index contributed by atoms with van der Waals surface area (Å²) < 4.78 is 0. The number of aliphatic hydroxyl groups excluding tert-OH is 1. The summed E-state index contributed by atoms with van der Waals surface area (Å²) in [5.41, 5.74) is -0.886. The van der Waals surface area contributed by atoms with Crippen LogP contribution in [0.15, 0.2) is 0 Å². The molecule has 2 fully saturated rings. The standard InChI is InChI=1S/C14H24N2O4/c1-14(12(18)19)8-4-7-11(14)16-13(20)15-9-5-2-3-6-10(9)17/h9-11,17H,2-8H2,1H3,(H,18,19)(H2,15,16,20). The zero-order valence-corrected chi connectivity index (χ0v) is 11.9. The van der Waals surface area contributed by atoms with Gasteiger partial charge in [-0.15, -0.1) is 0 Å². The van der Waals surface area contributed by atoms with E-state index in [2.05, 4.69) is 10.6 Å². The van der Waals surface area contributed by atoms with Gasteiger partial charge in [0, 0.05) is 6.04 Å². The van der Waals surface area contributed by atoms with Crippen LogP contribution in [0, 0.1) is 5.41 Å². The summed E-state index contributed by atoms with van der Waals surface area (Å²) >= 11 is 0. The fourth-order valence-corrected chi connectivity index (χ4v) is 3.30. The molecule has 0 bridgehead atoms. The minimum atomic E-state index is -0.886. The average Bonchev–Trinajstić information content (AvgIpc) is 2.75. The van der Waals surface area contributed by atoms with E-state index in [0.717, 1.165) is 25.7 Å². The van der Waals surface area contributed by atoms with Crippen LogP contribution in [0.1, 0.15) is 51.9 Å². The monoisotopic (exact) mass is 284 g/mol. The molecule has 0 aromatic heterocycles. The molecule has 0 aromatic rings. The molecule has 6 heteroatoms. The minimum Gasteiger partial charge on any atom is -0.481 e. The van der Waals surface area contributed by atoms with Crippen LogP contribution in [0.2, 0.25) is 0 Å². The number of aliphatic carboxylic acids is 1. The van der Waals surface area contributed by atoms with Crippen molar-refractivity contribution in [2.24, 2.45) is 5.41 Å². The fourth-order valence-electron chi connectivity index (χ4n) is 3.30. The van der Waals surface area contributed by atoms with E-state index in [1.165, 1.54) is 0 Å². The first kappa shape index (κ1) is 15.1. The summed E-state index contributed by atoms with van der Waals surface area (Å²) in [6.45, 7) is 1.68. The minimum absolute atomic E-state index is 0.221. The number of hydrogen-bond acceptors (Lipinski definition) is 3. The maximum atomic E-state index is 12.0. The maximum Gasteiger partial charge on any atom is 0.315 e. The Morgan fingerprint density at radius 3 is 2.45 bits per heavy atom. The van der Waals surface area contributed by atoms with Crippen molar-refractivity contribution < 1.29 is 19.8 Å². The molecule has 4 unspecified atom stereocenters. The molecule has 114 valence electrons. The van der Waals surface area contributed by atoms with E-state index < -0.39 is 17.5 Å². The van der Waals surface area contributed by atoms with Crippen LogP contribution in [0.25, 0.3) is 0 Å². The number of carbonyl (C=O) groups is 2. The second-order valence-electron chi connectivity index (χ2n) is 6.24. The van der Waals surface area contributed by atoms with Crippen molar-refractivity contribution >= 4 is 12.0 Å². The second kappa shape index (κ2) is 5.99. The molecule has 6 nitrogen and oxygen atoms in total. The van der Waals surface area contributed by atoms with Crippen LogP contribution in [0.5, 0.6) is 0 Å². The number of rotatable bonds is 3. The van der Waals surface area contributed by atoms with Crippen molar-refractivity contribution in [3.05, 3.63) is 0 Å². The summed E-state index contributed by atoms with van der Waals surface area (Å²) in [5.74, 6) is -0.863. The van der Waals surface area contributed by atoms with E-state index in [9.17, 15) is 19.8 Å². The predicted molar refractivity (Wildman–Crippen MR) is 73.3 cm³/mol. The Balaban J connectivity index is 1.89. The smallest absolute Gasteiger partial charge is 0.315 e. The topological polar surface area (TPSA) is 98.7 Å². The highest BCUT2D eigenvalue weighted by atomic mass is 16.4. The van der Waals surface area contributed by atoms with Crippen molar-refractivity contribution in [2.75, 3.05) is 0 Å². The third-order valence-electron chi connectivity index (χ3n) is 4.80. The van der Waals surface area contributed by atoms with E-state index in [0.29, 0.717) is 19.3 Å². The van der Waals surface area contributed by atoms with Gasteiger partial charge in [-0.3, -0.25) is 4.79 Å². The van der Waals surface area contributed by atoms with Gasteiger partial charge in [0.25, 0.3) is 0 Å². The van der Waals surface area contributed by atoms with Crippen LogP contribution < -0.4 is 10.6 Å². The van der Waals surface area contributed by atoms with E-state index in [1.807, 2.05) is 0 Å². The average molecular weight is 284 g/mol. The first-order valence-corrected chi connectivity index (χ1v) is 7.42. The lowest BCUT2D eigenvalue weighted by Gasteiger charge is -2.31. The molecule has 2 rings (SSSR count). The van der Waals surface area contributed by atoms with Crippen molar-refractivity contribution in [1.29, 1.82) is 0 Å². The van der Waals surface area contributed by atoms with Gasteiger partial charge in [-0.25, -0.2) is 4.79 Å². The lowest BCUT2D eigenvalue weighted by molar-refractivity contribution is -0.148. The molecule has 2 aliphatic rings. The van der Waals surface area contributed by atoms with Gasteiger partial charge in [-0.2, -0.15) is 0 Å². The normalized spacial score (nSPS) is 37.4. The molecule has 0 radical (unpaired) electrons. The third-order valence-corrected chi connectivity index (χ3v) is 4.80. The fraction of sp³-hybridized carbons (Fsp3) is 0.857. The molecule has 0 heterocycles. The summed E-state index contributed by atoms with van der Waals surface area (Å²) in [4.78, 5) is 23.3. The molecule has 0 saturated heterocycles. The summed E-state index contributed by atoms with van der Waals surface area (Å²) in [6, 6.07) is -0.933. The van der Waals surface area contributed by atoms with E-state index in [-0.39, 0.29) is 18.1 Å². The first-order valence-electron chi connectivity index (χ1n) is 7.42. The number of carbonyl (C=O) groups excluding carboxylic acids is 1. The van der Waals surface area contributed by atoms with Gasteiger partial charge < -0.3 is 20.8 Å². The molecule has 2 amide bonds. The lowest BCUT2D eigenvalue weighted by atomic mass is 9.85. The number of amides is 2. The Labute approximate surface area is 118 Å². The van der Waals surface area contributed by atoms with Crippen LogP contribution in [0.4, 0.5) is 4.79 Å². The quantitative estimate of drug-likeness (QED) is 0.626. The van der Waals surface area contributed by atoms with Crippen molar-refractivity contribution in [3.8, 4) is 0 Å². The third kappa shape index (κ3) is 3.06. The zero-order valence-electron chi connectivity index (χ0n) is 11.9. The predicted octanol–water partition coefficient (Wildman–Crippen LogP) is 1.23. The number of hydrogen-bond donors (Lipinski definition) is 4. The molecule has 4 atom stereocenters. The largest absolute Gasteiger partial charge is 0.481 e. The Bertz CT molecular complexity index is 387. The van der Waals surface area contributed by atoms with Gasteiger partial charge in [-0.05, 0) is 32.6 Å². The molecule has 2 aliphatic carbocycles. The molecule has 4 N–H and O–H groups in total. The molecular formula is C14H24N2O4. The summed E-state index contributed by atoms with van der Waals surface area (Å²) in [6.07, 6.45) is 5.04. The Morgan fingerprint density at radius 1 is 1.10 bits per heavy atom. The lowest BCUT2D eigenvalue weighted by Crippen LogP contribution is -2.54. The SMILES string of the molecule is CC1(C(=O)O)CCCC1NC(=O)NC1CCCCC1O. The van der Waals surface area contributed by atoms with Crippen molar-refractivity contribution in [1.82, 2.24) is 10.6 Å². The number of nitrogens with one attached hydrogen (secondary N) is 2. The van der Waals surface area contributed by atoms with E-state index in [4.69, 9.17) is 0 Å². The summed E-state index contributed by atoms with van der Waals surface area (Å²) in [5, 5.41) is 24.7. The first-order chi connectivity index (χ1) is 9.43. The zero-order chi connectivity index (χ0) is 14.8. The molecule has 2 saturated carbocycles. The van der Waals surface area contributed by atoms with E-state index >= 15 is 0 Å². The van der Waals surface area contributed by atoms with Gasteiger partial charge in [0.2, 0.25) is 0 Å². The molecule has 20 heavy (non-hydrogen) atoms. The van der Waals surface area contributed by atoms with Gasteiger partial charge >= 0.3 is 12.0 Å². The van der Waals surface area contributed by atoms with Gasteiger partial charge in [-0.1, -0.05) is 19.3 Å². The molecule has 0 aromatic carbocycles. The maximum absolute atomic E-state index is 12.0. The highest BCUT2D eigenvalue weighted by molar-refractivity contribution is 5.79. The number of carboxylic acid groups (broad SMARTS) is 1. The molecule has 0 spiro atoms. The van der Waals surface area contributed by atoms with Crippen molar-refractivity contribution in [3.63, 3.8) is 0 Å². The highest BCUT2D eigenvalue weighted by Gasteiger charge is 2.46. The number of aliphatic hydroxyl groups is 1.